The summed E-state index contributed by atoms with van der Waals surface area (Å²) in [5.41, 5.74) is -0.0614. The smallest absolute Gasteiger partial charge is 0.257 e. The Labute approximate surface area is 126 Å². The minimum atomic E-state index is -0.105. The Morgan fingerprint density at radius 1 is 0.952 bits per heavy atom. The van der Waals surface area contributed by atoms with Crippen LogP contribution in [0.5, 0.6) is 5.88 Å². The van der Waals surface area contributed by atoms with Crippen LogP contribution < -0.4 is 5.56 Å². The summed E-state index contributed by atoms with van der Waals surface area (Å²) in [6.45, 7) is 0. The largest absolute Gasteiger partial charge is 0.493 e. The van der Waals surface area contributed by atoms with Gasteiger partial charge in [-0.25, -0.2) is 0 Å². The molecule has 1 aromatic rings. The molecule has 1 N–H and O–H groups in total. The fourth-order valence-corrected chi connectivity index (χ4v) is 4.03. The monoisotopic (exact) mass is 290 g/mol. The summed E-state index contributed by atoms with van der Waals surface area (Å²) in [5, 5.41) is 9.79. The first-order valence-electron chi connectivity index (χ1n) is 8.58. The van der Waals surface area contributed by atoms with Crippen molar-refractivity contribution in [2.45, 2.75) is 82.6 Å². The summed E-state index contributed by atoms with van der Waals surface area (Å²) in [4.78, 5) is 16.8. The molecule has 2 aliphatic carbocycles. The number of hydrogen-bond acceptors (Lipinski definition) is 3. The molecule has 0 unspecified atom stereocenters. The van der Waals surface area contributed by atoms with Gasteiger partial charge in [-0.3, -0.25) is 9.36 Å². The van der Waals surface area contributed by atoms with E-state index in [1.165, 1.54) is 51.0 Å². The second-order valence-electron chi connectivity index (χ2n) is 6.66. The zero-order valence-corrected chi connectivity index (χ0v) is 12.8. The van der Waals surface area contributed by atoms with Crippen LogP contribution in [0.1, 0.15) is 88.4 Å². The Bertz CT molecular complexity index is 524. The zero-order chi connectivity index (χ0) is 14.7. The van der Waals surface area contributed by atoms with Crippen LogP contribution in [-0.4, -0.2) is 14.7 Å². The van der Waals surface area contributed by atoms with Crippen molar-refractivity contribution in [2.75, 3.05) is 0 Å². The normalized spacial score (nSPS) is 22.1. The molecule has 116 valence electrons. The zero-order valence-electron chi connectivity index (χ0n) is 12.8. The number of aromatic nitrogens is 2. The molecule has 4 heteroatoms. The third kappa shape index (κ3) is 3.30. The molecule has 1 heterocycles. The van der Waals surface area contributed by atoms with E-state index in [-0.39, 0.29) is 17.5 Å². The number of rotatable bonds is 2. The molecule has 4 nitrogen and oxygen atoms in total. The van der Waals surface area contributed by atoms with E-state index >= 15 is 0 Å². The second kappa shape index (κ2) is 6.63. The lowest BCUT2D eigenvalue weighted by Gasteiger charge is -2.28. The molecule has 1 aromatic heterocycles. The quantitative estimate of drug-likeness (QED) is 0.841. The predicted molar refractivity (Wildman–Crippen MR) is 82.7 cm³/mol. The van der Waals surface area contributed by atoms with E-state index in [0.717, 1.165) is 31.5 Å². The van der Waals surface area contributed by atoms with Gasteiger partial charge in [0.05, 0.1) is 6.07 Å². The fraction of sp³-hybridized carbons (Fsp3) is 0.765. The number of hydrogen-bond donors (Lipinski definition) is 1. The van der Waals surface area contributed by atoms with Crippen molar-refractivity contribution < 1.29 is 5.11 Å². The molecule has 2 aliphatic rings. The van der Waals surface area contributed by atoms with E-state index in [0.29, 0.717) is 5.92 Å². The number of aromatic hydroxyl groups is 1. The van der Waals surface area contributed by atoms with Crippen molar-refractivity contribution in [3.8, 4) is 5.88 Å². The molecule has 0 spiro atoms. The van der Waals surface area contributed by atoms with E-state index in [4.69, 9.17) is 0 Å². The minimum Gasteiger partial charge on any atom is -0.493 e. The predicted octanol–water partition coefficient (Wildman–Crippen LogP) is 3.89. The minimum absolute atomic E-state index is 0.0614. The third-order valence-corrected chi connectivity index (χ3v) is 5.13. The van der Waals surface area contributed by atoms with Gasteiger partial charge in [-0.1, -0.05) is 44.9 Å². The van der Waals surface area contributed by atoms with Gasteiger partial charge < -0.3 is 5.11 Å². The summed E-state index contributed by atoms with van der Waals surface area (Å²) >= 11 is 0. The highest BCUT2D eigenvalue weighted by Crippen LogP contribution is 2.34. The highest BCUT2D eigenvalue weighted by Gasteiger charge is 2.25. The summed E-state index contributed by atoms with van der Waals surface area (Å²) in [5.74, 6) is 1.09. The van der Waals surface area contributed by atoms with Crippen LogP contribution in [0.4, 0.5) is 0 Å². The lowest BCUT2D eigenvalue weighted by Crippen LogP contribution is -2.31. The van der Waals surface area contributed by atoms with Crippen molar-refractivity contribution in [1.29, 1.82) is 0 Å². The number of nitrogens with zero attached hydrogens (tertiary/aromatic N) is 2. The first kappa shape index (κ1) is 14.6. The highest BCUT2D eigenvalue weighted by atomic mass is 16.3. The Morgan fingerprint density at radius 3 is 2.19 bits per heavy atom. The molecular weight excluding hydrogens is 264 g/mol. The molecular formula is C17H26N2O2. The second-order valence-corrected chi connectivity index (χ2v) is 6.66. The van der Waals surface area contributed by atoms with Crippen LogP contribution in [0.15, 0.2) is 10.9 Å². The lowest BCUT2D eigenvalue weighted by molar-refractivity contribution is 0.319. The summed E-state index contributed by atoms with van der Waals surface area (Å²) < 4.78 is 1.93. The molecule has 0 bridgehead atoms. The van der Waals surface area contributed by atoms with Crippen LogP contribution in [0.25, 0.3) is 0 Å². The van der Waals surface area contributed by atoms with Gasteiger partial charge in [-0.05, 0) is 25.7 Å². The Balaban J connectivity index is 1.98. The molecule has 0 amide bonds. The van der Waals surface area contributed by atoms with Crippen LogP contribution in [0, 0.1) is 0 Å². The Hall–Kier alpha value is -1.32. The average Bonchev–Trinajstić information content (AvgIpc) is 2.76. The first-order chi connectivity index (χ1) is 10.3. The van der Waals surface area contributed by atoms with Crippen molar-refractivity contribution in [3.63, 3.8) is 0 Å². The maximum absolute atomic E-state index is 12.5. The fourth-order valence-electron chi connectivity index (χ4n) is 4.03. The van der Waals surface area contributed by atoms with Crippen LogP contribution >= 0.6 is 0 Å². The molecule has 2 saturated carbocycles. The Kier molecular flexibility index (Phi) is 4.61. The van der Waals surface area contributed by atoms with Crippen molar-refractivity contribution in [3.05, 3.63) is 22.2 Å². The SMILES string of the molecule is O=c1cc(O)nc(C2CCCCCC2)n1C1CCCCC1. The van der Waals surface area contributed by atoms with Gasteiger partial charge in [0, 0.05) is 12.0 Å². The summed E-state index contributed by atoms with van der Waals surface area (Å²) in [6.07, 6.45) is 13.0. The van der Waals surface area contributed by atoms with Crippen molar-refractivity contribution >= 4 is 0 Å². The molecule has 0 aromatic carbocycles. The summed E-state index contributed by atoms with van der Waals surface area (Å²) in [7, 11) is 0. The van der Waals surface area contributed by atoms with Crippen LogP contribution in [-0.2, 0) is 0 Å². The van der Waals surface area contributed by atoms with Crippen molar-refractivity contribution in [2.24, 2.45) is 0 Å². The molecule has 2 fully saturated rings. The van der Waals surface area contributed by atoms with E-state index in [1.54, 1.807) is 0 Å². The molecule has 3 rings (SSSR count). The average molecular weight is 290 g/mol. The first-order valence-corrected chi connectivity index (χ1v) is 8.58. The Morgan fingerprint density at radius 2 is 1.52 bits per heavy atom. The molecule has 0 aliphatic heterocycles. The lowest BCUT2D eigenvalue weighted by atomic mass is 9.93. The standard InChI is InChI=1S/C17H26N2O2/c20-15-12-16(21)19(14-10-6-3-7-11-14)17(18-15)13-8-4-1-2-5-9-13/h12-14,20H,1-11H2. The molecule has 0 saturated heterocycles. The maximum atomic E-state index is 12.5. The molecule has 0 atom stereocenters. The molecule has 21 heavy (non-hydrogen) atoms. The van der Waals surface area contributed by atoms with Gasteiger partial charge in [-0.2, -0.15) is 4.98 Å². The molecule has 0 radical (unpaired) electrons. The van der Waals surface area contributed by atoms with Gasteiger partial charge in [0.15, 0.2) is 0 Å². The van der Waals surface area contributed by atoms with Crippen LogP contribution in [0.2, 0.25) is 0 Å². The maximum Gasteiger partial charge on any atom is 0.257 e. The third-order valence-electron chi connectivity index (χ3n) is 5.13. The van der Waals surface area contributed by atoms with Gasteiger partial charge >= 0.3 is 0 Å². The van der Waals surface area contributed by atoms with E-state index in [1.807, 2.05) is 4.57 Å². The highest BCUT2D eigenvalue weighted by molar-refractivity contribution is 5.13. The van der Waals surface area contributed by atoms with Gasteiger partial charge in [-0.15, -0.1) is 0 Å². The van der Waals surface area contributed by atoms with Crippen molar-refractivity contribution in [1.82, 2.24) is 9.55 Å². The van der Waals surface area contributed by atoms with E-state index in [9.17, 15) is 9.90 Å². The van der Waals surface area contributed by atoms with Gasteiger partial charge in [0.2, 0.25) is 5.88 Å². The van der Waals surface area contributed by atoms with Gasteiger partial charge in [0.1, 0.15) is 5.82 Å². The van der Waals surface area contributed by atoms with E-state index in [2.05, 4.69) is 4.98 Å². The van der Waals surface area contributed by atoms with Gasteiger partial charge in [0.25, 0.3) is 5.56 Å². The topological polar surface area (TPSA) is 55.1 Å². The summed E-state index contributed by atoms with van der Waals surface area (Å²) in [6, 6.07) is 1.58. The van der Waals surface area contributed by atoms with E-state index < -0.39 is 0 Å². The van der Waals surface area contributed by atoms with Crippen LogP contribution in [0.3, 0.4) is 0 Å².